The van der Waals surface area contributed by atoms with E-state index in [-0.39, 0.29) is 5.41 Å². The Balaban J connectivity index is 2.13. The second kappa shape index (κ2) is 7.26. The Morgan fingerprint density at radius 2 is 1.94 bits per heavy atom. The number of hydrogen-bond donors (Lipinski definition) is 1. The van der Waals surface area contributed by atoms with Gasteiger partial charge in [0.15, 0.2) is 0 Å². The van der Waals surface area contributed by atoms with Crippen molar-refractivity contribution >= 4 is 17.2 Å². The van der Waals surface area contributed by atoms with Crippen LogP contribution in [0.5, 0.6) is 0 Å². The van der Waals surface area contributed by atoms with Gasteiger partial charge in [-0.25, -0.2) is 0 Å². The highest BCUT2D eigenvalue weighted by molar-refractivity contribution is 7.80. The molecule has 1 heterocycles. The maximum atomic E-state index is 5.78. The molecule has 1 fully saturated rings. The van der Waals surface area contributed by atoms with Crippen molar-refractivity contribution in [3.8, 4) is 0 Å². The van der Waals surface area contributed by atoms with Gasteiger partial charge in [0.05, 0.1) is 24.8 Å². The summed E-state index contributed by atoms with van der Waals surface area (Å²) in [6.07, 6.45) is 2.11. The summed E-state index contributed by atoms with van der Waals surface area (Å²) < 4.78 is 10.4. The second-order valence-corrected chi connectivity index (χ2v) is 5.31. The standard InChI is InChI=1S/C12H24N2O2S/c1-12(11(13)17)3-5-14(6-4-12)7-8-16-10-9-15-2/h3-10H2,1-2H3,(H2,13,17). The SMILES string of the molecule is COCCOCCN1CCC(C)(C(N)=S)CC1. The quantitative estimate of drug-likeness (QED) is 0.547. The van der Waals surface area contributed by atoms with Crippen molar-refractivity contribution in [2.75, 3.05) is 46.6 Å². The highest BCUT2D eigenvalue weighted by atomic mass is 32.1. The molecule has 0 amide bonds. The van der Waals surface area contributed by atoms with Gasteiger partial charge in [0.25, 0.3) is 0 Å². The van der Waals surface area contributed by atoms with Gasteiger partial charge < -0.3 is 20.1 Å². The molecule has 0 unspecified atom stereocenters. The first-order chi connectivity index (χ1) is 8.08. The van der Waals surface area contributed by atoms with Gasteiger partial charge >= 0.3 is 0 Å². The van der Waals surface area contributed by atoms with Crippen LogP contribution in [0.4, 0.5) is 0 Å². The largest absolute Gasteiger partial charge is 0.393 e. The fourth-order valence-electron chi connectivity index (χ4n) is 1.95. The minimum atomic E-state index is 0.0583. The van der Waals surface area contributed by atoms with Gasteiger partial charge in [0, 0.05) is 19.1 Å². The number of rotatable bonds is 7. The third-order valence-electron chi connectivity index (χ3n) is 3.54. The van der Waals surface area contributed by atoms with Gasteiger partial charge in [0.1, 0.15) is 0 Å². The van der Waals surface area contributed by atoms with E-state index in [4.69, 9.17) is 27.4 Å². The first-order valence-electron chi connectivity index (χ1n) is 6.17. The van der Waals surface area contributed by atoms with Crippen molar-refractivity contribution in [3.63, 3.8) is 0 Å². The van der Waals surface area contributed by atoms with Crippen LogP contribution in [0, 0.1) is 5.41 Å². The summed E-state index contributed by atoms with van der Waals surface area (Å²) in [4.78, 5) is 3.07. The van der Waals surface area contributed by atoms with Gasteiger partial charge in [-0.1, -0.05) is 19.1 Å². The van der Waals surface area contributed by atoms with Crippen LogP contribution in [0.15, 0.2) is 0 Å². The van der Waals surface area contributed by atoms with Crippen LogP contribution in [0.25, 0.3) is 0 Å². The smallest absolute Gasteiger partial charge is 0.0788 e. The predicted molar refractivity (Wildman–Crippen MR) is 73.3 cm³/mol. The van der Waals surface area contributed by atoms with Gasteiger partial charge in [-0.3, -0.25) is 0 Å². The van der Waals surface area contributed by atoms with E-state index < -0.39 is 0 Å². The molecule has 17 heavy (non-hydrogen) atoms. The molecule has 1 saturated heterocycles. The lowest BCUT2D eigenvalue weighted by molar-refractivity contribution is 0.0490. The summed E-state index contributed by atoms with van der Waals surface area (Å²) in [6, 6.07) is 0. The monoisotopic (exact) mass is 260 g/mol. The molecule has 0 aromatic heterocycles. The average molecular weight is 260 g/mol. The Bertz CT molecular complexity index is 241. The van der Waals surface area contributed by atoms with E-state index in [0.717, 1.165) is 39.1 Å². The normalized spacial score (nSPS) is 20.4. The summed E-state index contributed by atoms with van der Waals surface area (Å²) >= 11 is 5.12. The maximum absolute atomic E-state index is 5.78. The van der Waals surface area contributed by atoms with E-state index in [1.807, 2.05) is 0 Å². The molecule has 1 aliphatic heterocycles. The fraction of sp³-hybridized carbons (Fsp3) is 0.917. The minimum absolute atomic E-state index is 0.0583. The zero-order valence-corrected chi connectivity index (χ0v) is 11.7. The molecule has 0 saturated carbocycles. The Kier molecular flexibility index (Phi) is 6.33. The van der Waals surface area contributed by atoms with Crippen LogP contribution in [0.3, 0.4) is 0 Å². The molecule has 0 aromatic carbocycles. The third kappa shape index (κ3) is 4.87. The third-order valence-corrected chi connectivity index (χ3v) is 4.03. The number of methoxy groups -OCH3 is 1. The Hall–Kier alpha value is -0.230. The molecule has 100 valence electrons. The summed E-state index contributed by atoms with van der Waals surface area (Å²) in [5.74, 6) is 0. The summed E-state index contributed by atoms with van der Waals surface area (Å²) in [6.45, 7) is 7.38. The van der Waals surface area contributed by atoms with Crippen molar-refractivity contribution in [2.45, 2.75) is 19.8 Å². The van der Waals surface area contributed by atoms with Crippen molar-refractivity contribution in [1.29, 1.82) is 0 Å². The molecule has 1 aliphatic rings. The van der Waals surface area contributed by atoms with Crippen LogP contribution in [0.1, 0.15) is 19.8 Å². The van der Waals surface area contributed by atoms with Crippen LogP contribution in [-0.2, 0) is 9.47 Å². The van der Waals surface area contributed by atoms with Gasteiger partial charge in [0.2, 0.25) is 0 Å². The Morgan fingerprint density at radius 3 is 2.47 bits per heavy atom. The molecule has 0 bridgehead atoms. The van der Waals surface area contributed by atoms with Gasteiger partial charge in [-0.2, -0.15) is 0 Å². The highest BCUT2D eigenvalue weighted by Gasteiger charge is 2.32. The maximum Gasteiger partial charge on any atom is 0.0788 e. The first-order valence-corrected chi connectivity index (χ1v) is 6.58. The van der Waals surface area contributed by atoms with E-state index in [9.17, 15) is 0 Å². The summed E-state index contributed by atoms with van der Waals surface area (Å²) in [5.41, 5.74) is 5.83. The molecule has 0 radical (unpaired) electrons. The summed E-state index contributed by atoms with van der Waals surface area (Å²) in [5, 5.41) is 0. The molecule has 0 atom stereocenters. The Morgan fingerprint density at radius 1 is 1.29 bits per heavy atom. The van der Waals surface area contributed by atoms with Crippen LogP contribution in [-0.4, -0.2) is 56.5 Å². The van der Waals surface area contributed by atoms with Crippen LogP contribution >= 0.6 is 12.2 Å². The van der Waals surface area contributed by atoms with E-state index in [0.29, 0.717) is 18.2 Å². The molecule has 1 rings (SSSR count). The average Bonchev–Trinajstić information content (AvgIpc) is 2.31. The lowest BCUT2D eigenvalue weighted by Crippen LogP contribution is -2.45. The van der Waals surface area contributed by atoms with Crippen LogP contribution in [0.2, 0.25) is 0 Å². The zero-order chi connectivity index (χ0) is 12.7. The van der Waals surface area contributed by atoms with E-state index in [1.165, 1.54) is 0 Å². The topological polar surface area (TPSA) is 47.7 Å². The number of nitrogens with two attached hydrogens (primary N) is 1. The molecule has 5 heteroatoms. The fourth-order valence-corrected chi connectivity index (χ4v) is 2.16. The molecule has 4 nitrogen and oxygen atoms in total. The van der Waals surface area contributed by atoms with Gasteiger partial charge in [-0.05, 0) is 25.9 Å². The molecular weight excluding hydrogens is 236 g/mol. The van der Waals surface area contributed by atoms with Gasteiger partial charge in [-0.15, -0.1) is 0 Å². The Labute approximate surface area is 109 Å². The minimum Gasteiger partial charge on any atom is -0.393 e. The lowest BCUT2D eigenvalue weighted by Gasteiger charge is -2.38. The number of thiocarbonyl (C=S) groups is 1. The van der Waals surface area contributed by atoms with E-state index in [1.54, 1.807) is 7.11 Å². The zero-order valence-electron chi connectivity index (χ0n) is 10.9. The number of nitrogens with zero attached hydrogens (tertiary/aromatic N) is 1. The lowest BCUT2D eigenvalue weighted by atomic mass is 9.80. The van der Waals surface area contributed by atoms with Crippen molar-refractivity contribution in [2.24, 2.45) is 11.1 Å². The predicted octanol–water partition coefficient (Wildman–Crippen LogP) is 1.04. The van der Waals surface area contributed by atoms with Crippen molar-refractivity contribution < 1.29 is 9.47 Å². The van der Waals surface area contributed by atoms with Crippen molar-refractivity contribution in [3.05, 3.63) is 0 Å². The summed E-state index contributed by atoms with van der Waals surface area (Å²) in [7, 11) is 1.69. The number of ether oxygens (including phenoxy) is 2. The van der Waals surface area contributed by atoms with E-state index >= 15 is 0 Å². The molecule has 0 aromatic rings. The van der Waals surface area contributed by atoms with Crippen molar-refractivity contribution in [1.82, 2.24) is 4.90 Å². The first kappa shape index (κ1) is 14.8. The highest BCUT2D eigenvalue weighted by Crippen LogP contribution is 2.30. The second-order valence-electron chi connectivity index (χ2n) is 4.87. The number of likely N-dealkylation sites (tertiary alicyclic amines) is 1. The molecule has 2 N–H and O–H groups in total. The van der Waals surface area contributed by atoms with E-state index in [2.05, 4.69) is 11.8 Å². The number of piperidine rings is 1. The number of hydrogen-bond acceptors (Lipinski definition) is 4. The molecule has 0 aliphatic carbocycles. The van der Waals surface area contributed by atoms with Crippen LogP contribution < -0.4 is 5.73 Å². The molecule has 0 spiro atoms. The molecular formula is C12H24N2O2S.